The molecule has 13 heavy (non-hydrogen) atoms. The van der Waals surface area contributed by atoms with Gasteiger partial charge in [-0.1, -0.05) is 0 Å². The highest BCUT2D eigenvalue weighted by Gasteiger charge is 2.48. The zero-order valence-corrected chi connectivity index (χ0v) is 7.74. The van der Waals surface area contributed by atoms with Crippen LogP contribution in [0.2, 0.25) is 0 Å². The molecule has 0 unspecified atom stereocenters. The Morgan fingerprint density at radius 2 is 1.85 bits per heavy atom. The molecule has 1 saturated heterocycles. The molecule has 2 rings (SSSR count). The Morgan fingerprint density at radius 3 is 2.31 bits per heavy atom. The fourth-order valence-electron chi connectivity index (χ4n) is 2.24. The SMILES string of the molecule is NC[C@@H]1OC2(CCCC2)O[C@H]1CO. The average Bonchev–Trinajstić information content (AvgIpc) is 2.74. The second-order valence-corrected chi connectivity index (χ2v) is 3.85. The van der Waals surface area contributed by atoms with Crippen LogP contribution in [0, 0.1) is 0 Å². The summed E-state index contributed by atoms with van der Waals surface area (Å²) in [6.07, 6.45) is 3.84. The molecule has 2 aliphatic rings. The molecule has 0 radical (unpaired) electrons. The van der Waals surface area contributed by atoms with E-state index in [1.54, 1.807) is 0 Å². The molecule has 1 aliphatic carbocycles. The molecule has 0 aromatic carbocycles. The first kappa shape index (κ1) is 9.40. The minimum atomic E-state index is -0.405. The van der Waals surface area contributed by atoms with E-state index in [1.165, 1.54) is 0 Å². The number of aliphatic hydroxyl groups excluding tert-OH is 1. The molecule has 1 spiro atoms. The van der Waals surface area contributed by atoms with Crippen LogP contribution in [-0.4, -0.2) is 36.3 Å². The Balaban J connectivity index is 2.03. The van der Waals surface area contributed by atoms with Crippen LogP contribution < -0.4 is 5.73 Å². The summed E-state index contributed by atoms with van der Waals surface area (Å²) < 4.78 is 11.5. The van der Waals surface area contributed by atoms with E-state index in [4.69, 9.17) is 20.3 Å². The Kier molecular flexibility index (Phi) is 2.55. The molecule has 3 N–H and O–H groups in total. The summed E-state index contributed by atoms with van der Waals surface area (Å²) in [5, 5.41) is 9.05. The van der Waals surface area contributed by atoms with Gasteiger partial charge in [0.2, 0.25) is 0 Å². The fourth-order valence-corrected chi connectivity index (χ4v) is 2.24. The lowest BCUT2D eigenvalue weighted by molar-refractivity contribution is -0.171. The second kappa shape index (κ2) is 3.53. The molecule has 0 aromatic heterocycles. The van der Waals surface area contributed by atoms with E-state index < -0.39 is 5.79 Å². The molecule has 2 atom stereocenters. The quantitative estimate of drug-likeness (QED) is 0.638. The third-order valence-electron chi connectivity index (χ3n) is 2.92. The van der Waals surface area contributed by atoms with Crippen molar-refractivity contribution in [3.05, 3.63) is 0 Å². The summed E-state index contributed by atoms with van der Waals surface area (Å²) in [6, 6.07) is 0. The predicted molar refractivity (Wildman–Crippen MR) is 47.1 cm³/mol. The smallest absolute Gasteiger partial charge is 0.169 e. The topological polar surface area (TPSA) is 64.7 Å². The summed E-state index contributed by atoms with van der Waals surface area (Å²) >= 11 is 0. The molecule has 76 valence electrons. The van der Waals surface area contributed by atoms with Gasteiger partial charge < -0.3 is 20.3 Å². The molecule has 1 saturated carbocycles. The zero-order valence-electron chi connectivity index (χ0n) is 7.74. The van der Waals surface area contributed by atoms with E-state index in [1.807, 2.05) is 0 Å². The Hall–Kier alpha value is -0.160. The summed E-state index contributed by atoms with van der Waals surface area (Å²) in [6.45, 7) is 0.427. The van der Waals surface area contributed by atoms with Crippen LogP contribution >= 0.6 is 0 Å². The first-order valence-electron chi connectivity index (χ1n) is 4.96. The van der Waals surface area contributed by atoms with Crippen molar-refractivity contribution in [2.24, 2.45) is 5.73 Å². The highest BCUT2D eigenvalue weighted by atomic mass is 16.8. The van der Waals surface area contributed by atoms with Crippen LogP contribution in [0.1, 0.15) is 25.7 Å². The Labute approximate surface area is 78.0 Å². The number of nitrogens with two attached hydrogens (primary N) is 1. The van der Waals surface area contributed by atoms with Gasteiger partial charge >= 0.3 is 0 Å². The molecular formula is C9H17NO3. The fraction of sp³-hybridized carbons (Fsp3) is 1.00. The van der Waals surface area contributed by atoms with E-state index in [9.17, 15) is 0 Å². The minimum absolute atomic E-state index is 0.00359. The number of rotatable bonds is 2. The summed E-state index contributed by atoms with van der Waals surface area (Å²) in [5.74, 6) is -0.405. The van der Waals surface area contributed by atoms with Gasteiger partial charge in [-0.25, -0.2) is 0 Å². The van der Waals surface area contributed by atoms with Crippen LogP contribution in [0.5, 0.6) is 0 Å². The van der Waals surface area contributed by atoms with Gasteiger partial charge in [0.1, 0.15) is 12.2 Å². The van der Waals surface area contributed by atoms with Gasteiger partial charge in [0.05, 0.1) is 6.61 Å². The first-order chi connectivity index (χ1) is 6.29. The standard InChI is InChI=1S/C9H17NO3/c10-5-7-8(6-11)13-9(12-7)3-1-2-4-9/h7-8,11H,1-6,10H2/t7-,8-/m0/s1. The van der Waals surface area contributed by atoms with Crippen LogP contribution in [0.15, 0.2) is 0 Å². The molecule has 1 aliphatic heterocycles. The van der Waals surface area contributed by atoms with Gasteiger partial charge in [-0.15, -0.1) is 0 Å². The lowest BCUT2D eigenvalue weighted by Gasteiger charge is -2.21. The second-order valence-electron chi connectivity index (χ2n) is 3.85. The molecule has 2 fully saturated rings. The summed E-state index contributed by atoms with van der Waals surface area (Å²) in [5.41, 5.74) is 5.53. The van der Waals surface area contributed by atoms with Gasteiger partial charge in [0.25, 0.3) is 0 Å². The highest BCUT2D eigenvalue weighted by molar-refractivity contribution is 4.89. The molecule has 0 bridgehead atoms. The maximum Gasteiger partial charge on any atom is 0.169 e. The van der Waals surface area contributed by atoms with Gasteiger partial charge in [0.15, 0.2) is 5.79 Å². The normalized spacial score (nSPS) is 37.4. The van der Waals surface area contributed by atoms with Crippen molar-refractivity contribution in [1.82, 2.24) is 0 Å². The molecule has 0 aromatic rings. The number of ether oxygens (including phenoxy) is 2. The maximum absolute atomic E-state index is 9.05. The molecule has 4 heteroatoms. The third kappa shape index (κ3) is 1.59. The highest BCUT2D eigenvalue weighted by Crippen LogP contribution is 2.41. The Morgan fingerprint density at radius 1 is 1.23 bits per heavy atom. The van der Waals surface area contributed by atoms with Crippen molar-refractivity contribution in [2.75, 3.05) is 13.2 Å². The maximum atomic E-state index is 9.05. The van der Waals surface area contributed by atoms with Crippen molar-refractivity contribution in [2.45, 2.75) is 43.7 Å². The average molecular weight is 187 g/mol. The number of hydrogen-bond acceptors (Lipinski definition) is 4. The van der Waals surface area contributed by atoms with Crippen molar-refractivity contribution in [1.29, 1.82) is 0 Å². The van der Waals surface area contributed by atoms with E-state index in [0.29, 0.717) is 6.54 Å². The van der Waals surface area contributed by atoms with E-state index in [0.717, 1.165) is 25.7 Å². The lowest BCUT2D eigenvalue weighted by atomic mass is 10.2. The third-order valence-corrected chi connectivity index (χ3v) is 2.92. The van der Waals surface area contributed by atoms with Gasteiger partial charge in [0, 0.05) is 19.4 Å². The molecule has 0 amide bonds. The molecule has 4 nitrogen and oxygen atoms in total. The van der Waals surface area contributed by atoms with Gasteiger partial charge in [-0.05, 0) is 12.8 Å². The van der Waals surface area contributed by atoms with Crippen LogP contribution in [0.25, 0.3) is 0 Å². The van der Waals surface area contributed by atoms with Crippen molar-refractivity contribution in [3.63, 3.8) is 0 Å². The van der Waals surface area contributed by atoms with Crippen LogP contribution in [0.3, 0.4) is 0 Å². The van der Waals surface area contributed by atoms with Crippen LogP contribution in [-0.2, 0) is 9.47 Å². The largest absolute Gasteiger partial charge is 0.394 e. The lowest BCUT2D eigenvalue weighted by Crippen LogP contribution is -2.33. The number of hydrogen-bond donors (Lipinski definition) is 2. The minimum Gasteiger partial charge on any atom is -0.394 e. The van der Waals surface area contributed by atoms with E-state index >= 15 is 0 Å². The number of aliphatic hydroxyl groups is 1. The summed E-state index contributed by atoms with van der Waals surface area (Å²) in [7, 11) is 0. The molecule has 1 heterocycles. The monoisotopic (exact) mass is 187 g/mol. The van der Waals surface area contributed by atoms with Gasteiger partial charge in [-0.2, -0.15) is 0 Å². The predicted octanol–water partition coefficient (Wildman–Crippen LogP) is -0.00830. The summed E-state index contributed by atoms with van der Waals surface area (Å²) in [4.78, 5) is 0. The Bertz CT molecular complexity index is 166. The van der Waals surface area contributed by atoms with Crippen molar-refractivity contribution < 1.29 is 14.6 Å². The van der Waals surface area contributed by atoms with E-state index in [2.05, 4.69) is 0 Å². The zero-order chi connectivity index (χ0) is 9.31. The van der Waals surface area contributed by atoms with Crippen LogP contribution in [0.4, 0.5) is 0 Å². The van der Waals surface area contributed by atoms with E-state index in [-0.39, 0.29) is 18.8 Å². The first-order valence-corrected chi connectivity index (χ1v) is 4.96. The molecular weight excluding hydrogens is 170 g/mol. The van der Waals surface area contributed by atoms with Gasteiger partial charge in [-0.3, -0.25) is 0 Å². The van der Waals surface area contributed by atoms with Crippen molar-refractivity contribution in [3.8, 4) is 0 Å². The van der Waals surface area contributed by atoms with Crippen molar-refractivity contribution >= 4 is 0 Å².